The number of amidine groups is 1. The van der Waals surface area contributed by atoms with E-state index in [-0.39, 0.29) is 11.9 Å². The van der Waals surface area contributed by atoms with Crippen molar-refractivity contribution >= 4 is 11.7 Å². The van der Waals surface area contributed by atoms with Crippen molar-refractivity contribution in [3.05, 3.63) is 0 Å². The molecule has 0 aliphatic heterocycles. The lowest BCUT2D eigenvalue weighted by molar-refractivity contribution is -0.131. The van der Waals surface area contributed by atoms with E-state index in [2.05, 4.69) is 4.99 Å². The van der Waals surface area contributed by atoms with Crippen LogP contribution in [0, 0.1) is 0 Å². The van der Waals surface area contributed by atoms with E-state index in [4.69, 9.17) is 5.73 Å². The van der Waals surface area contributed by atoms with Crippen LogP contribution in [-0.4, -0.2) is 35.8 Å². The second-order valence-corrected chi connectivity index (χ2v) is 3.56. The third-order valence-electron chi connectivity index (χ3n) is 2.30. The highest BCUT2D eigenvalue weighted by molar-refractivity contribution is 5.87. The van der Waals surface area contributed by atoms with Crippen molar-refractivity contribution in [3.8, 4) is 0 Å². The predicted octanol–water partition coefficient (Wildman–Crippen LogP) is 1.40. The average Bonchev–Trinajstić information content (AvgIpc) is 2.19. The molecule has 0 bridgehead atoms. The Morgan fingerprint density at radius 2 is 1.87 bits per heavy atom. The highest BCUT2D eigenvalue weighted by Gasteiger charge is 2.17. The summed E-state index contributed by atoms with van der Waals surface area (Å²) in [6.07, 6.45) is 1.72. The molecule has 4 heteroatoms. The molecule has 0 aromatic heterocycles. The Bertz CT molecular complexity index is 222. The summed E-state index contributed by atoms with van der Waals surface area (Å²) in [5.74, 6) is 0.629. The van der Waals surface area contributed by atoms with Gasteiger partial charge in [0.25, 0.3) is 0 Å². The Kier molecular flexibility index (Phi) is 6.75. The monoisotopic (exact) mass is 213 g/mol. The van der Waals surface area contributed by atoms with Crippen molar-refractivity contribution in [3.63, 3.8) is 0 Å². The molecule has 0 rings (SSSR count). The first-order chi connectivity index (χ1) is 7.06. The first kappa shape index (κ1) is 13.9. The van der Waals surface area contributed by atoms with E-state index in [9.17, 15) is 4.79 Å². The highest BCUT2D eigenvalue weighted by Crippen LogP contribution is 2.00. The number of nitrogens with two attached hydrogens (primary N) is 1. The molecule has 2 N–H and O–H groups in total. The van der Waals surface area contributed by atoms with E-state index < -0.39 is 0 Å². The lowest BCUT2D eigenvalue weighted by atomic mass is 10.2. The van der Waals surface area contributed by atoms with Crippen LogP contribution in [0.4, 0.5) is 0 Å². The molecule has 1 amide bonds. The molecule has 0 radical (unpaired) electrons. The van der Waals surface area contributed by atoms with Gasteiger partial charge in [-0.15, -0.1) is 0 Å². The number of nitrogens with zero attached hydrogens (tertiary/aromatic N) is 2. The minimum absolute atomic E-state index is 0.0547. The van der Waals surface area contributed by atoms with Crippen molar-refractivity contribution in [2.45, 2.75) is 46.6 Å². The second kappa shape index (κ2) is 7.26. The van der Waals surface area contributed by atoms with Gasteiger partial charge in [-0.2, -0.15) is 0 Å². The van der Waals surface area contributed by atoms with Crippen LogP contribution in [0.5, 0.6) is 0 Å². The van der Waals surface area contributed by atoms with E-state index in [1.807, 2.05) is 20.8 Å². The smallest absolute Gasteiger partial charge is 0.247 e. The van der Waals surface area contributed by atoms with E-state index in [1.54, 1.807) is 11.8 Å². The summed E-state index contributed by atoms with van der Waals surface area (Å²) in [6, 6.07) is -0.351. The van der Waals surface area contributed by atoms with Gasteiger partial charge in [0, 0.05) is 19.5 Å². The Labute approximate surface area is 92.5 Å². The molecule has 15 heavy (non-hydrogen) atoms. The van der Waals surface area contributed by atoms with Crippen LogP contribution in [0.15, 0.2) is 4.99 Å². The summed E-state index contributed by atoms with van der Waals surface area (Å²) < 4.78 is 0. The fourth-order valence-corrected chi connectivity index (χ4v) is 1.42. The maximum atomic E-state index is 11.8. The number of hydrogen-bond donors (Lipinski definition) is 1. The normalized spacial score (nSPS) is 13.7. The van der Waals surface area contributed by atoms with Crippen molar-refractivity contribution in [2.75, 3.05) is 13.1 Å². The van der Waals surface area contributed by atoms with Gasteiger partial charge in [0.15, 0.2) is 0 Å². The van der Waals surface area contributed by atoms with Crippen LogP contribution < -0.4 is 5.73 Å². The number of aliphatic imine (C=N–C) groups is 1. The molecule has 0 aromatic carbocycles. The third kappa shape index (κ3) is 4.81. The number of likely N-dealkylation sites (N-methyl/N-ethyl adjacent to an activating group) is 1. The molecule has 0 fully saturated rings. The lowest BCUT2D eigenvalue weighted by Gasteiger charge is -2.21. The fraction of sp³-hybridized carbons (Fsp3) is 0.818. The zero-order valence-corrected chi connectivity index (χ0v) is 10.3. The van der Waals surface area contributed by atoms with Gasteiger partial charge in [-0.05, 0) is 27.2 Å². The van der Waals surface area contributed by atoms with Gasteiger partial charge < -0.3 is 10.6 Å². The molecule has 0 heterocycles. The quantitative estimate of drug-likeness (QED) is 0.535. The molecular formula is C11H23N3O. The molecule has 4 nitrogen and oxygen atoms in total. The fourth-order valence-electron chi connectivity index (χ4n) is 1.42. The molecular weight excluding hydrogens is 190 g/mol. The van der Waals surface area contributed by atoms with Crippen LogP contribution in [0.1, 0.15) is 40.5 Å². The highest BCUT2D eigenvalue weighted by atomic mass is 16.2. The molecule has 0 saturated heterocycles. The summed E-state index contributed by atoms with van der Waals surface area (Å²) in [5, 5.41) is 0. The SMILES string of the molecule is CCCC(N)=NC(C)C(=O)N(CC)CC. The largest absolute Gasteiger partial charge is 0.387 e. The first-order valence-electron chi connectivity index (χ1n) is 5.67. The summed E-state index contributed by atoms with van der Waals surface area (Å²) >= 11 is 0. The predicted molar refractivity (Wildman–Crippen MR) is 63.9 cm³/mol. The van der Waals surface area contributed by atoms with Crippen LogP contribution in [0.2, 0.25) is 0 Å². The average molecular weight is 213 g/mol. The van der Waals surface area contributed by atoms with Crippen LogP contribution in [-0.2, 0) is 4.79 Å². The molecule has 0 aromatic rings. The zero-order chi connectivity index (χ0) is 11.8. The van der Waals surface area contributed by atoms with Gasteiger partial charge in [0.1, 0.15) is 6.04 Å². The topological polar surface area (TPSA) is 58.7 Å². The third-order valence-corrected chi connectivity index (χ3v) is 2.30. The molecule has 1 unspecified atom stereocenters. The minimum atomic E-state index is -0.351. The Morgan fingerprint density at radius 3 is 2.27 bits per heavy atom. The van der Waals surface area contributed by atoms with Crippen molar-refractivity contribution in [1.29, 1.82) is 0 Å². The minimum Gasteiger partial charge on any atom is -0.387 e. The van der Waals surface area contributed by atoms with Crippen LogP contribution in [0.25, 0.3) is 0 Å². The van der Waals surface area contributed by atoms with Gasteiger partial charge in [-0.3, -0.25) is 9.79 Å². The van der Waals surface area contributed by atoms with E-state index in [0.29, 0.717) is 5.84 Å². The maximum Gasteiger partial charge on any atom is 0.247 e. The number of carbonyl (C=O) groups excluding carboxylic acids is 1. The summed E-state index contributed by atoms with van der Waals surface area (Å²) in [7, 11) is 0. The molecule has 0 spiro atoms. The Morgan fingerprint density at radius 1 is 1.33 bits per heavy atom. The molecule has 1 atom stereocenters. The van der Waals surface area contributed by atoms with Gasteiger partial charge in [-0.25, -0.2) is 0 Å². The van der Waals surface area contributed by atoms with Gasteiger partial charge in [-0.1, -0.05) is 6.92 Å². The zero-order valence-electron chi connectivity index (χ0n) is 10.3. The van der Waals surface area contributed by atoms with Gasteiger partial charge in [0.05, 0.1) is 5.84 Å². The number of hydrogen-bond acceptors (Lipinski definition) is 2. The molecule has 0 aliphatic rings. The molecule has 88 valence electrons. The molecule has 0 saturated carbocycles. The maximum absolute atomic E-state index is 11.8. The van der Waals surface area contributed by atoms with Crippen molar-refractivity contribution in [2.24, 2.45) is 10.7 Å². The number of carbonyl (C=O) groups is 1. The second-order valence-electron chi connectivity index (χ2n) is 3.56. The summed E-state index contributed by atoms with van der Waals surface area (Å²) in [4.78, 5) is 17.8. The van der Waals surface area contributed by atoms with Crippen LogP contribution >= 0.6 is 0 Å². The van der Waals surface area contributed by atoms with E-state index in [1.165, 1.54) is 0 Å². The Balaban J connectivity index is 4.37. The lowest BCUT2D eigenvalue weighted by Crippen LogP contribution is -2.37. The van der Waals surface area contributed by atoms with E-state index >= 15 is 0 Å². The Hall–Kier alpha value is -1.06. The summed E-state index contributed by atoms with van der Waals surface area (Å²) in [5.41, 5.74) is 5.69. The summed E-state index contributed by atoms with van der Waals surface area (Å²) in [6.45, 7) is 9.22. The number of rotatable bonds is 6. The number of amides is 1. The van der Waals surface area contributed by atoms with Crippen LogP contribution in [0.3, 0.4) is 0 Å². The standard InChI is InChI=1S/C11H23N3O/c1-5-8-10(12)13-9(4)11(15)14(6-2)7-3/h9H,5-8H2,1-4H3,(H2,12,13). The first-order valence-corrected chi connectivity index (χ1v) is 5.67. The van der Waals surface area contributed by atoms with Crippen molar-refractivity contribution < 1.29 is 4.79 Å². The van der Waals surface area contributed by atoms with Gasteiger partial charge in [0.2, 0.25) is 5.91 Å². The van der Waals surface area contributed by atoms with Gasteiger partial charge >= 0.3 is 0 Å². The molecule has 0 aliphatic carbocycles. The van der Waals surface area contributed by atoms with E-state index in [0.717, 1.165) is 25.9 Å². The van der Waals surface area contributed by atoms with Crippen molar-refractivity contribution in [1.82, 2.24) is 4.90 Å².